The van der Waals surface area contributed by atoms with Gasteiger partial charge in [0, 0.05) is 57.8 Å². The van der Waals surface area contributed by atoms with Gasteiger partial charge in [-0.3, -0.25) is 9.97 Å². The molecule has 0 saturated heterocycles. The minimum atomic E-state index is 0.917. The van der Waals surface area contributed by atoms with E-state index in [4.69, 9.17) is 9.97 Å². The van der Waals surface area contributed by atoms with E-state index in [0.717, 1.165) is 70.8 Å². The Kier molecular flexibility index (Phi) is 6.47. The van der Waals surface area contributed by atoms with Gasteiger partial charge in [-0.05, 0) is 79.8 Å². The van der Waals surface area contributed by atoms with Crippen molar-refractivity contribution < 1.29 is 0 Å². The molecule has 0 aliphatic carbocycles. The fourth-order valence-electron chi connectivity index (χ4n) is 6.41. The molecule has 4 nitrogen and oxygen atoms in total. The highest BCUT2D eigenvalue weighted by molar-refractivity contribution is 7.13. The Morgan fingerprint density at radius 3 is 1.54 bits per heavy atom. The summed E-state index contributed by atoms with van der Waals surface area (Å²) < 4.78 is 0. The van der Waals surface area contributed by atoms with Gasteiger partial charge in [0.25, 0.3) is 0 Å². The molecule has 0 saturated carbocycles. The molecule has 9 aromatic rings. The maximum absolute atomic E-state index is 4.97. The summed E-state index contributed by atoms with van der Waals surface area (Å²) in [6, 6.07) is 39.1. The zero-order valence-electron chi connectivity index (χ0n) is 24.5. The van der Waals surface area contributed by atoms with Crippen molar-refractivity contribution >= 4 is 55.0 Å². The Labute approximate surface area is 273 Å². The highest BCUT2D eigenvalue weighted by Gasteiger charge is 2.20. The van der Waals surface area contributed by atoms with Crippen molar-refractivity contribution in [3.63, 3.8) is 0 Å². The molecule has 0 spiro atoms. The van der Waals surface area contributed by atoms with Crippen molar-refractivity contribution in [1.29, 1.82) is 0 Å². The molecule has 216 valence electrons. The second-order valence-electron chi connectivity index (χ2n) is 11.2. The summed E-state index contributed by atoms with van der Waals surface area (Å²) in [5.41, 5.74) is 8.50. The molecule has 0 radical (unpaired) electrons. The van der Waals surface area contributed by atoms with Gasteiger partial charge in [-0.15, -0.1) is 22.7 Å². The first-order chi connectivity index (χ1) is 22.8. The molecule has 0 atom stereocenters. The number of hydrogen-bond donors (Lipinski definition) is 0. The second kappa shape index (κ2) is 11.1. The van der Waals surface area contributed by atoms with E-state index in [1.165, 1.54) is 16.3 Å². The largest absolute Gasteiger partial charge is 0.256 e. The molecule has 0 unspecified atom stereocenters. The third kappa shape index (κ3) is 4.58. The molecule has 4 heterocycles. The number of hydrogen-bond acceptors (Lipinski definition) is 6. The van der Waals surface area contributed by atoms with Gasteiger partial charge in [0.15, 0.2) is 0 Å². The third-order valence-corrected chi connectivity index (χ3v) is 10.1. The van der Waals surface area contributed by atoms with Crippen molar-refractivity contribution in [3.8, 4) is 54.8 Å². The van der Waals surface area contributed by atoms with E-state index < -0.39 is 0 Å². The lowest BCUT2D eigenvalue weighted by atomic mass is 9.86. The lowest BCUT2D eigenvalue weighted by Gasteiger charge is -2.18. The Hall–Kier alpha value is -5.56. The molecule has 4 aromatic heterocycles. The van der Waals surface area contributed by atoms with Crippen LogP contribution in [0, 0.1) is 0 Å². The molecule has 9 rings (SSSR count). The fraction of sp³-hybridized carbons (Fsp3) is 0. The van der Waals surface area contributed by atoms with Crippen LogP contribution in [0.15, 0.2) is 145 Å². The summed E-state index contributed by atoms with van der Waals surface area (Å²) in [5.74, 6) is 0. The van der Waals surface area contributed by atoms with Crippen molar-refractivity contribution in [1.82, 2.24) is 19.9 Å². The lowest BCUT2D eigenvalue weighted by molar-refractivity contribution is 1.32. The van der Waals surface area contributed by atoms with Gasteiger partial charge in [0.1, 0.15) is 10.0 Å². The summed E-state index contributed by atoms with van der Waals surface area (Å²) in [7, 11) is 0. The molecule has 46 heavy (non-hydrogen) atoms. The first-order valence-electron chi connectivity index (χ1n) is 15.0. The molecule has 0 N–H and O–H groups in total. The third-order valence-electron chi connectivity index (χ3n) is 8.50. The predicted molar refractivity (Wildman–Crippen MR) is 193 cm³/mol. The lowest BCUT2D eigenvalue weighted by Crippen LogP contribution is -1.95. The van der Waals surface area contributed by atoms with Gasteiger partial charge >= 0.3 is 0 Å². The summed E-state index contributed by atoms with van der Waals surface area (Å²) >= 11 is 3.27. The number of pyridine rings is 2. The molecule has 0 fully saturated rings. The van der Waals surface area contributed by atoms with E-state index in [0.29, 0.717) is 0 Å². The monoisotopic (exact) mass is 624 g/mol. The van der Waals surface area contributed by atoms with Crippen LogP contribution in [-0.2, 0) is 0 Å². The van der Waals surface area contributed by atoms with Crippen LogP contribution in [0.5, 0.6) is 0 Å². The van der Waals surface area contributed by atoms with E-state index in [1.54, 1.807) is 22.7 Å². The minimum Gasteiger partial charge on any atom is -0.256 e. The zero-order chi connectivity index (χ0) is 30.5. The highest BCUT2D eigenvalue weighted by atomic mass is 32.1. The van der Waals surface area contributed by atoms with Crippen LogP contribution >= 0.6 is 22.7 Å². The number of nitrogens with zero attached hydrogens (tertiary/aromatic N) is 4. The highest BCUT2D eigenvalue weighted by Crippen LogP contribution is 2.45. The summed E-state index contributed by atoms with van der Waals surface area (Å²) in [4.78, 5) is 19.1. The van der Waals surface area contributed by atoms with Gasteiger partial charge in [-0.1, -0.05) is 72.8 Å². The number of aromatic nitrogens is 4. The van der Waals surface area contributed by atoms with Crippen LogP contribution in [0.1, 0.15) is 0 Å². The summed E-state index contributed by atoms with van der Waals surface area (Å²) in [6.45, 7) is 0. The Morgan fingerprint density at radius 2 is 0.913 bits per heavy atom. The summed E-state index contributed by atoms with van der Waals surface area (Å²) in [5, 5.41) is 13.0. The quantitative estimate of drug-likeness (QED) is 0.179. The van der Waals surface area contributed by atoms with Gasteiger partial charge in [0.05, 0.1) is 11.4 Å². The van der Waals surface area contributed by atoms with Crippen molar-refractivity contribution in [3.05, 3.63) is 145 Å². The normalized spacial score (nSPS) is 11.5. The smallest absolute Gasteiger partial charge is 0.123 e. The zero-order valence-corrected chi connectivity index (χ0v) is 26.1. The maximum Gasteiger partial charge on any atom is 0.123 e. The standard InChI is InChI=1S/C40H24N4S2/c1-2-6-26-21-27(10-9-25(26)5-1)28-11-12-33-34(22-28)38(36-24-30(14-16-42-36)40-44-18-20-46-40)32-8-4-3-7-31(32)37(33)35-23-29(13-15-41-35)39-43-17-19-45-39/h1-24H. The first kappa shape index (κ1) is 26.8. The van der Waals surface area contributed by atoms with Gasteiger partial charge in [-0.25, -0.2) is 9.97 Å². The topological polar surface area (TPSA) is 51.6 Å². The molecule has 6 heteroatoms. The van der Waals surface area contributed by atoms with Crippen LogP contribution in [0.2, 0.25) is 0 Å². The number of fused-ring (bicyclic) bond motifs is 3. The van der Waals surface area contributed by atoms with Gasteiger partial charge in [-0.2, -0.15) is 0 Å². The average Bonchev–Trinajstić information content (AvgIpc) is 3.86. The number of rotatable bonds is 5. The van der Waals surface area contributed by atoms with Crippen LogP contribution in [-0.4, -0.2) is 19.9 Å². The molecule has 0 bridgehead atoms. The van der Waals surface area contributed by atoms with Crippen molar-refractivity contribution in [2.24, 2.45) is 0 Å². The molecule has 0 amide bonds. The van der Waals surface area contributed by atoms with Crippen LogP contribution in [0.3, 0.4) is 0 Å². The van der Waals surface area contributed by atoms with Crippen molar-refractivity contribution in [2.75, 3.05) is 0 Å². The summed E-state index contributed by atoms with van der Waals surface area (Å²) in [6.07, 6.45) is 7.49. The minimum absolute atomic E-state index is 0.917. The van der Waals surface area contributed by atoms with E-state index >= 15 is 0 Å². The molecule has 5 aromatic carbocycles. The van der Waals surface area contributed by atoms with E-state index in [-0.39, 0.29) is 0 Å². The molecular weight excluding hydrogens is 601 g/mol. The van der Waals surface area contributed by atoms with E-state index in [2.05, 4.69) is 107 Å². The van der Waals surface area contributed by atoms with E-state index in [9.17, 15) is 0 Å². The Balaban J connectivity index is 1.36. The average molecular weight is 625 g/mol. The second-order valence-corrected chi connectivity index (χ2v) is 12.9. The number of thiazole rings is 2. The van der Waals surface area contributed by atoms with Crippen LogP contribution in [0.25, 0.3) is 87.1 Å². The molecule has 0 aliphatic heterocycles. The SMILES string of the molecule is c1ccc2cc(-c3ccc4c(-c5cc(-c6nccs6)ccn5)c5ccccc5c(-c5cc(-c6nccs6)ccn5)c4c3)ccc2c1. The number of benzene rings is 5. The molecule has 0 aliphatic rings. The molecular formula is C40H24N4S2. The Bertz CT molecular complexity index is 2540. The van der Waals surface area contributed by atoms with Crippen LogP contribution < -0.4 is 0 Å². The van der Waals surface area contributed by atoms with Crippen molar-refractivity contribution in [2.45, 2.75) is 0 Å². The van der Waals surface area contributed by atoms with Crippen LogP contribution in [0.4, 0.5) is 0 Å². The Morgan fingerprint density at radius 1 is 0.370 bits per heavy atom. The fourth-order valence-corrected chi connectivity index (χ4v) is 7.68. The predicted octanol–water partition coefficient (Wildman–Crippen LogP) is 11.2. The maximum atomic E-state index is 4.97. The van der Waals surface area contributed by atoms with Gasteiger partial charge in [0.2, 0.25) is 0 Å². The first-order valence-corrected chi connectivity index (χ1v) is 16.8. The van der Waals surface area contributed by atoms with E-state index in [1.807, 2.05) is 47.7 Å². The van der Waals surface area contributed by atoms with Gasteiger partial charge < -0.3 is 0 Å².